The van der Waals surface area contributed by atoms with Gasteiger partial charge in [-0.25, -0.2) is 0 Å². The van der Waals surface area contributed by atoms with E-state index in [1.165, 1.54) is 16.9 Å². The van der Waals surface area contributed by atoms with E-state index >= 15 is 0 Å². The van der Waals surface area contributed by atoms with Crippen molar-refractivity contribution in [1.29, 1.82) is 0 Å². The summed E-state index contributed by atoms with van der Waals surface area (Å²) < 4.78 is 0. The van der Waals surface area contributed by atoms with Crippen LogP contribution in [0.15, 0.2) is 34.9 Å². The van der Waals surface area contributed by atoms with Gasteiger partial charge < -0.3 is 5.32 Å². The Hall–Kier alpha value is -1.33. The number of carbonyl (C=O) groups is 1. The summed E-state index contributed by atoms with van der Waals surface area (Å²) in [6.45, 7) is 2.30. The van der Waals surface area contributed by atoms with Gasteiger partial charge in [-0.05, 0) is 47.8 Å². The lowest BCUT2D eigenvalue weighted by molar-refractivity contribution is -0.127. The van der Waals surface area contributed by atoms with Gasteiger partial charge in [0, 0.05) is 6.20 Å². The maximum atomic E-state index is 12.6. The Morgan fingerprint density at radius 1 is 1.38 bits per heavy atom. The second-order valence-electron chi connectivity index (χ2n) is 6.18. The average Bonchev–Trinajstić information content (AvgIpc) is 2.85. The number of thioether (sulfide) groups is 1. The van der Waals surface area contributed by atoms with E-state index in [1.807, 2.05) is 30.0 Å². The fourth-order valence-corrected chi connectivity index (χ4v) is 5.21. The fraction of sp³-hybridized carbons (Fsp3) is 0.500. The van der Waals surface area contributed by atoms with E-state index in [0.29, 0.717) is 0 Å². The minimum absolute atomic E-state index is 0.0115. The van der Waals surface area contributed by atoms with Crippen molar-refractivity contribution in [3.05, 3.63) is 40.6 Å². The predicted octanol–water partition coefficient (Wildman–Crippen LogP) is 2.56. The van der Waals surface area contributed by atoms with Gasteiger partial charge in [0.25, 0.3) is 0 Å². The van der Waals surface area contributed by atoms with E-state index in [1.54, 1.807) is 6.20 Å². The van der Waals surface area contributed by atoms with Crippen LogP contribution in [0.2, 0.25) is 0 Å². The molecule has 4 nitrogen and oxygen atoms in total. The standard InChI is InChI=1S/C16H19N3OS/c1-9-5-6-10-12(8-9)21-16-13(10)15(20)18-14(19-16)11-4-2-3-7-17-11/h2-4,7,9,13-14,16,19H,5-6,8H2,1H3,(H,18,20). The first-order valence-corrected chi connectivity index (χ1v) is 8.46. The molecule has 2 aliphatic heterocycles. The Bertz CT molecular complexity index is 601. The van der Waals surface area contributed by atoms with E-state index in [9.17, 15) is 4.79 Å². The number of hydrogen-bond acceptors (Lipinski definition) is 4. The molecule has 5 heteroatoms. The molecule has 1 aromatic heterocycles. The summed E-state index contributed by atoms with van der Waals surface area (Å²) in [4.78, 5) is 18.4. The van der Waals surface area contributed by atoms with E-state index < -0.39 is 0 Å². The summed E-state index contributed by atoms with van der Waals surface area (Å²) >= 11 is 1.86. The van der Waals surface area contributed by atoms with E-state index in [2.05, 4.69) is 22.5 Å². The molecule has 3 heterocycles. The van der Waals surface area contributed by atoms with Crippen molar-refractivity contribution < 1.29 is 4.79 Å². The first-order valence-electron chi connectivity index (χ1n) is 7.58. The van der Waals surface area contributed by atoms with Crippen molar-refractivity contribution in [1.82, 2.24) is 15.6 Å². The van der Waals surface area contributed by atoms with Crippen LogP contribution in [-0.4, -0.2) is 16.3 Å². The zero-order valence-electron chi connectivity index (χ0n) is 12.0. The third-order valence-electron chi connectivity index (χ3n) is 4.63. The van der Waals surface area contributed by atoms with Gasteiger partial charge in [-0.15, -0.1) is 11.8 Å². The van der Waals surface area contributed by atoms with Crippen LogP contribution in [0.1, 0.15) is 38.0 Å². The maximum Gasteiger partial charge on any atom is 0.231 e. The van der Waals surface area contributed by atoms with Crippen LogP contribution in [0.3, 0.4) is 0 Å². The van der Waals surface area contributed by atoms with Crippen molar-refractivity contribution in [3.63, 3.8) is 0 Å². The van der Waals surface area contributed by atoms with Crippen LogP contribution in [0, 0.1) is 11.8 Å². The van der Waals surface area contributed by atoms with E-state index in [4.69, 9.17) is 0 Å². The molecule has 1 aromatic rings. The number of carbonyl (C=O) groups excluding carboxylic acids is 1. The lowest BCUT2D eigenvalue weighted by Gasteiger charge is -2.34. The first-order chi connectivity index (χ1) is 10.2. The number of aromatic nitrogens is 1. The number of allylic oxidation sites excluding steroid dienone is 1. The van der Waals surface area contributed by atoms with Gasteiger partial charge in [-0.1, -0.05) is 13.0 Å². The second kappa shape index (κ2) is 5.14. The average molecular weight is 301 g/mol. The number of fused-ring (bicyclic) bond motifs is 2. The van der Waals surface area contributed by atoms with Gasteiger partial charge in [0.15, 0.2) is 0 Å². The second-order valence-corrected chi connectivity index (χ2v) is 7.41. The van der Waals surface area contributed by atoms with Crippen molar-refractivity contribution in [3.8, 4) is 0 Å². The molecule has 110 valence electrons. The van der Waals surface area contributed by atoms with E-state index in [-0.39, 0.29) is 23.4 Å². The van der Waals surface area contributed by atoms with Crippen LogP contribution >= 0.6 is 11.8 Å². The SMILES string of the molecule is CC1CCC2=C(C1)SC1NC(c3ccccn3)NC(=O)C21. The topological polar surface area (TPSA) is 54.0 Å². The summed E-state index contributed by atoms with van der Waals surface area (Å²) in [5.74, 6) is 0.907. The van der Waals surface area contributed by atoms with Crippen LogP contribution in [0.4, 0.5) is 0 Å². The minimum atomic E-state index is -0.175. The number of nitrogens with zero attached hydrogens (tertiary/aromatic N) is 1. The molecule has 4 unspecified atom stereocenters. The molecule has 2 N–H and O–H groups in total. The van der Waals surface area contributed by atoms with Gasteiger partial charge in [0.2, 0.25) is 5.91 Å². The third kappa shape index (κ3) is 2.28. The molecule has 21 heavy (non-hydrogen) atoms. The van der Waals surface area contributed by atoms with Crippen molar-refractivity contribution >= 4 is 17.7 Å². The molecule has 1 amide bonds. The Morgan fingerprint density at radius 2 is 2.29 bits per heavy atom. The highest BCUT2D eigenvalue weighted by Gasteiger charge is 2.46. The predicted molar refractivity (Wildman–Crippen MR) is 83.2 cm³/mol. The zero-order chi connectivity index (χ0) is 14.4. The summed E-state index contributed by atoms with van der Waals surface area (Å²) in [6, 6.07) is 5.80. The van der Waals surface area contributed by atoms with Crippen LogP contribution in [0.25, 0.3) is 0 Å². The summed E-state index contributed by atoms with van der Waals surface area (Å²) in [5, 5.41) is 6.82. The molecule has 0 radical (unpaired) electrons. The lowest BCUT2D eigenvalue weighted by atomic mass is 9.83. The quantitative estimate of drug-likeness (QED) is 0.837. The Kier molecular flexibility index (Phi) is 3.27. The zero-order valence-corrected chi connectivity index (χ0v) is 12.8. The molecule has 1 aliphatic carbocycles. The maximum absolute atomic E-state index is 12.6. The van der Waals surface area contributed by atoms with Gasteiger partial charge in [-0.3, -0.25) is 15.1 Å². The molecule has 1 saturated heterocycles. The highest BCUT2D eigenvalue weighted by atomic mass is 32.2. The van der Waals surface area contributed by atoms with Crippen molar-refractivity contribution in [2.24, 2.45) is 11.8 Å². The summed E-state index contributed by atoms with van der Waals surface area (Å²) in [5.41, 5.74) is 2.26. The lowest BCUT2D eigenvalue weighted by Crippen LogP contribution is -2.54. The van der Waals surface area contributed by atoms with Crippen molar-refractivity contribution in [2.75, 3.05) is 0 Å². The molecule has 4 atom stereocenters. The molecule has 0 aromatic carbocycles. The monoisotopic (exact) mass is 301 g/mol. The molecule has 0 bridgehead atoms. The largest absolute Gasteiger partial charge is 0.335 e. The number of hydrogen-bond donors (Lipinski definition) is 2. The Balaban J connectivity index is 1.58. The van der Waals surface area contributed by atoms with E-state index in [0.717, 1.165) is 24.5 Å². The van der Waals surface area contributed by atoms with Crippen LogP contribution < -0.4 is 10.6 Å². The highest BCUT2D eigenvalue weighted by molar-refractivity contribution is 8.04. The van der Waals surface area contributed by atoms with Gasteiger partial charge in [-0.2, -0.15) is 0 Å². The Labute approximate surface area is 128 Å². The molecule has 0 saturated carbocycles. The highest BCUT2D eigenvalue weighted by Crippen LogP contribution is 2.50. The number of rotatable bonds is 1. The van der Waals surface area contributed by atoms with Gasteiger partial charge >= 0.3 is 0 Å². The molecular weight excluding hydrogens is 282 g/mol. The van der Waals surface area contributed by atoms with Crippen LogP contribution in [0.5, 0.6) is 0 Å². The normalized spacial score (nSPS) is 35.2. The molecular formula is C16H19N3OS. The minimum Gasteiger partial charge on any atom is -0.335 e. The molecule has 3 aliphatic rings. The smallest absolute Gasteiger partial charge is 0.231 e. The van der Waals surface area contributed by atoms with Crippen LogP contribution in [-0.2, 0) is 4.79 Å². The Morgan fingerprint density at radius 3 is 3.10 bits per heavy atom. The first kappa shape index (κ1) is 13.3. The fourth-order valence-electron chi connectivity index (χ4n) is 3.52. The molecule has 1 fully saturated rings. The number of amides is 1. The summed E-state index contributed by atoms with van der Waals surface area (Å²) in [6.07, 6.45) is 5.01. The van der Waals surface area contributed by atoms with Gasteiger partial charge in [0.05, 0.1) is 17.0 Å². The number of nitrogens with one attached hydrogen (secondary N) is 2. The van der Waals surface area contributed by atoms with Crippen molar-refractivity contribution in [2.45, 2.75) is 37.7 Å². The third-order valence-corrected chi connectivity index (χ3v) is 6.00. The molecule has 0 spiro atoms. The van der Waals surface area contributed by atoms with Gasteiger partial charge in [0.1, 0.15) is 6.17 Å². The summed E-state index contributed by atoms with van der Waals surface area (Å²) in [7, 11) is 0. The molecule has 4 rings (SSSR count). The number of pyridine rings is 1.